The molecule has 5 nitrogen and oxygen atoms in total. The zero-order chi connectivity index (χ0) is 23.1. The maximum absolute atomic E-state index is 4.79. The number of aliphatic imine (C=N–C) groups is 1. The zero-order valence-electron chi connectivity index (χ0n) is 20.1. The van der Waals surface area contributed by atoms with Crippen LogP contribution in [0.15, 0.2) is 56.0 Å². The summed E-state index contributed by atoms with van der Waals surface area (Å²) in [5.74, 6) is 1.76. The monoisotopic (exact) mass is 451 g/mol. The first-order valence-electron chi connectivity index (χ1n) is 11.7. The van der Waals surface area contributed by atoms with Gasteiger partial charge in [-0.2, -0.15) is 0 Å². The minimum Gasteiger partial charge on any atom is -0.355 e. The van der Waals surface area contributed by atoms with E-state index in [0.717, 1.165) is 65.6 Å². The second-order valence-corrected chi connectivity index (χ2v) is 9.41. The van der Waals surface area contributed by atoms with Crippen LogP contribution >= 0.6 is 12.6 Å². The number of nitrogens with zero attached hydrogens (tertiary/aromatic N) is 4. The lowest BCUT2D eigenvalue weighted by Gasteiger charge is -2.36. The SMILES string of the molecule is C/C=C(\C=NC)c1ccc(C2=NN=C(N3CCNC(CC(C)C)C3)CC(CC)=C2)c(S)c1. The van der Waals surface area contributed by atoms with Gasteiger partial charge in [0.2, 0.25) is 0 Å². The maximum atomic E-state index is 4.79. The van der Waals surface area contributed by atoms with E-state index in [0.29, 0.717) is 12.0 Å². The van der Waals surface area contributed by atoms with Gasteiger partial charge < -0.3 is 10.2 Å². The summed E-state index contributed by atoms with van der Waals surface area (Å²) in [6.07, 6.45) is 9.15. The standard InChI is InChI=1S/C26H37N5S/c1-6-19-13-24(23-9-8-21(15-25(23)32)20(7-2)16-27-5)29-30-26(14-19)31-11-10-28-22(17-31)12-18(3)4/h7-9,13,15-16,18,22,28,32H,6,10-12,14,17H2,1-5H3/b20-7+,27-16?. The molecular formula is C26H37N5S. The highest BCUT2D eigenvalue weighted by molar-refractivity contribution is 7.80. The number of allylic oxidation sites excluding steroid dienone is 3. The first-order valence-corrected chi connectivity index (χ1v) is 12.1. The normalized spacial score (nSPS) is 20.3. The molecule has 2 aliphatic rings. The number of thiol groups is 1. The molecule has 2 heterocycles. The van der Waals surface area contributed by atoms with Crippen LogP contribution in [0.3, 0.4) is 0 Å². The Hall–Kier alpha value is -2.18. The summed E-state index contributed by atoms with van der Waals surface area (Å²) < 4.78 is 0. The maximum Gasteiger partial charge on any atom is 0.131 e. The van der Waals surface area contributed by atoms with Crippen LogP contribution < -0.4 is 5.32 Å². The fraction of sp³-hybridized carbons (Fsp3) is 0.500. The van der Waals surface area contributed by atoms with Gasteiger partial charge in [-0.3, -0.25) is 4.99 Å². The Morgan fingerprint density at radius 1 is 1.34 bits per heavy atom. The molecule has 0 aliphatic carbocycles. The Bertz CT molecular complexity index is 955. The molecule has 2 aliphatic heterocycles. The van der Waals surface area contributed by atoms with E-state index in [1.807, 2.05) is 13.1 Å². The Labute approximate surface area is 198 Å². The van der Waals surface area contributed by atoms with Crippen LogP contribution in [0, 0.1) is 5.92 Å². The van der Waals surface area contributed by atoms with Crippen molar-refractivity contribution in [3.8, 4) is 0 Å². The van der Waals surface area contributed by atoms with Crippen molar-refractivity contribution in [1.29, 1.82) is 0 Å². The number of amidine groups is 1. The van der Waals surface area contributed by atoms with Crippen LogP contribution in [-0.2, 0) is 0 Å². The molecule has 3 rings (SSSR count). The fourth-order valence-electron chi connectivity index (χ4n) is 4.33. The van der Waals surface area contributed by atoms with Crippen molar-refractivity contribution in [2.24, 2.45) is 21.1 Å². The lowest BCUT2D eigenvalue weighted by molar-refractivity contribution is 0.262. The first kappa shape index (κ1) is 24.5. The predicted molar refractivity (Wildman–Crippen MR) is 142 cm³/mol. The summed E-state index contributed by atoms with van der Waals surface area (Å²) in [5.41, 5.74) is 5.42. The molecule has 1 aromatic rings. The number of hydrogen-bond donors (Lipinski definition) is 2. The van der Waals surface area contributed by atoms with Gasteiger partial charge in [-0.25, -0.2) is 0 Å². The largest absolute Gasteiger partial charge is 0.355 e. The third kappa shape index (κ3) is 6.20. The van der Waals surface area contributed by atoms with Crippen molar-refractivity contribution in [2.45, 2.75) is 57.9 Å². The average molecular weight is 452 g/mol. The molecule has 1 fully saturated rings. The van der Waals surface area contributed by atoms with E-state index in [1.165, 1.54) is 12.0 Å². The van der Waals surface area contributed by atoms with Crippen molar-refractivity contribution in [3.63, 3.8) is 0 Å². The van der Waals surface area contributed by atoms with Gasteiger partial charge in [0.05, 0.1) is 5.71 Å². The molecule has 0 saturated carbocycles. The van der Waals surface area contributed by atoms with Crippen LogP contribution in [0.25, 0.3) is 5.57 Å². The molecule has 1 N–H and O–H groups in total. The van der Waals surface area contributed by atoms with Crippen molar-refractivity contribution in [1.82, 2.24) is 10.2 Å². The van der Waals surface area contributed by atoms with Crippen molar-refractivity contribution < 1.29 is 0 Å². The Balaban J connectivity index is 1.89. The quantitative estimate of drug-likeness (QED) is 0.459. The number of hydrogen-bond acceptors (Lipinski definition) is 6. The van der Waals surface area contributed by atoms with E-state index in [9.17, 15) is 0 Å². The van der Waals surface area contributed by atoms with E-state index in [-0.39, 0.29) is 0 Å². The summed E-state index contributed by atoms with van der Waals surface area (Å²) in [4.78, 5) is 7.47. The molecule has 6 heteroatoms. The summed E-state index contributed by atoms with van der Waals surface area (Å²) in [5, 5.41) is 13.1. The molecular weight excluding hydrogens is 414 g/mol. The summed E-state index contributed by atoms with van der Waals surface area (Å²) in [7, 11) is 1.79. The molecule has 172 valence electrons. The van der Waals surface area contributed by atoms with Gasteiger partial charge in [-0.05, 0) is 49.0 Å². The van der Waals surface area contributed by atoms with E-state index >= 15 is 0 Å². The van der Waals surface area contributed by atoms with E-state index in [2.05, 4.69) is 66.3 Å². The number of benzene rings is 1. The molecule has 1 atom stereocenters. The second-order valence-electron chi connectivity index (χ2n) is 8.92. The van der Waals surface area contributed by atoms with Crippen LogP contribution in [0.1, 0.15) is 58.1 Å². The van der Waals surface area contributed by atoms with Crippen molar-refractivity contribution in [3.05, 3.63) is 47.1 Å². The second kappa shape index (κ2) is 11.6. The van der Waals surface area contributed by atoms with Crippen LogP contribution in [-0.4, -0.2) is 55.4 Å². The van der Waals surface area contributed by atoms with Gasteiger partial charge in [0.1, 0.15) is 5.84 Å². The third-order valence-corrected chi connectivity index (χ3v) is 6.39. The van der Waals surface area contributed by atoms with Crippen LogP contribution in [0.5, 0.6) is 0 Å². The van der Waals surface area contributed by atoms with Gasteiger partial charge in [0.25, 0.3) is 0 Å². The lowest BCUT2D eigenvalue weighted by Crippen LogP contribution is -2.53. The summed E-state index contributed by atoms with van der Waals surface area (Å²) in [6.45, 7) is 11.8. The molecule has 1 saturated heterocycles. The summed E-state index contributed by atoms with van der Waals surface area (Å²) >= 11 is 4.79. The highest BCUT2D eigenvalue weighted by Gasteiger charge is 2.24. The lowest BCUT2D eigenvalue weighted by atomic mass is 9.99. The highest BCUT2D eigenvalue weighted by atomic mass is 32.1. The molecule has 1 unspecified atom stereocenters. The van der Waals surface area contributed by atoms with Gasteiger partial charge in [-0.15, -0.1) is 22.8 Å². The van der Waals surface area contributed by atoms with Crippen molar-refractivity contribution in [2.75, 3.05) is 26.7 Å². The molecule has 0 bridgehead atoms. The van der Waals surface area contributed by atoms with Gasteiger partial charge >= 0.3 is 0 Å². The molecule has 0 aromatic heterocycles. The van der Waals surface area contributed by atoms with Crippen LogP contribution in [0.4, 0.5) is 0 Å². The molecule has 32 heavy (non-hydrogen) atoms. The first-order chi connectivity index (χ1) is 15.4. The Morgan fingerprint density at radius 3 is 2.81 bits per heavy atom. The minimum absolute atomic E-state index is 0.510. The van der Waals surface area contributed by atoms with Crippen molar-refractivity contribution >= 4 is 36.0 Å². The third-order valence-electron chi connectivity index (χ3n) is 6.02. The topological polar surface area (TPSA) is 52.4 Å². The number of piperazine rings is 1. The average Bonchev–Trinajstić information content (AvgIpc) is 3.00. The Kier molecular flexibility index (Phi) is 8.88. The molecule has 0 radical (unpaired) electrons. The highest BCUT2D eigenvalue weighted by Crippen LogP contribution is 2.25. The van der Waals surface area contributed by atoms with E-state index in [1.54, 1.807) is 7.05 Å². The predicted octanol–water partition coefficient (Wildman–Crippen LogP) is 5.24. The molecule has 0 amide bonds. The number of rotatable bonds is 6. The minimum atomic E-state index is 0.510. The smallest absolute Gasteiger partial charge is 0.131 e. The fourth-order valence-corrected chi connectivity index (χ4v) is 4.65. The molecule has 1 aromatic carbocycles. The van der Waals surface area contributed by atoms with Gasteiger partial charge in [0, 0.05) is 55.8 Å². The summed E-state index contributed by atoms with van der Waals surface area (Å²) in [6, 6.07) is 6.80. The van der Waals surface area contributed by atoms with Crippen LogP contribution in [0.2, 0.25) is 0 Å². The van der Waals surface area contributed by atoms with Gasteiger partial charge in [0.15, 0.2) is 0 Å². The zero-order valence-corrected chi connectivity index (χ0v) is 21.0. The Morgan fingerprint density at radius 2 is 2.16 bits per heavy atom. The number of nitrogens with one attached hydrogen (secondary N) is 1. The van der Waals surface area contributed by atoms with E-state index in [4.69, 9.17) is 22.8 Å². The van der Waals surface area contributed by atoms with E-state index < -0.39 is 0 Å². The molecule has 0 spiro atoms. The van der Waals surface area contributed by atoms with Gasteiger partial charge in [-0.1, -0.05) is 44.6 Å².